The molecule has 2 aliphatic heterocycles. The van der Waals surface area contributed by atoms with Crippen LogP contribution in [-0.4, -0.2) is 69.6 Å². The van der Waals surface area contributed by atoms with Crippen LogP contribution in [0.25, 0.3) is 0 Å². The molecule has 31 heavy (non-hydrogen) atoms. The van der Waals surface area contributed by atoms with E-state index in [1.54, 1.807) is 7.11 Å². The molecule has 0 aromatic heterocycles. The van der Waals surface area contributed by atoms with Crippen molar-refractivity contribution < 1.29 is 14.2 Å². The highest BCUT2D eigenvalue weighted by molar-refractivity contribution is 5.80. The van der Waals surface area contributed by atoms with Crippen molar-refractivity contribution in [1.82, 2.24) is 10.2 Å². The summed E-state index contributed by atoms with van der Waals surface area (Å²) in [7, 11) is 1.71. The van der Waals surface area contributed by atoms with Crippen LogP contribution in [0.4, 0.5) is 0 Å². The molecule has 3 rings (SSSR count). The molecule has 1 aromatic rings. The number of nitrogens with one attached hydrogen (secondary N) is 1. The number of benzene rings is 1. The van der Waals surface area contributed by atoms with Gasteiger partial charge in [-0.15, -0.1) is 0 Å². The van der Waals surface area contributed by atoms with Crippen LogP contribution in [0.5, 0.6) is 5.75 Å². The number of aliphatic imine (C=N–C) groups is 1. The SMILES string of the molecule is CCNC(=NCC(C)(C)c1cccc(OC)c1)N1CCC(OCC2CCCCO2)CC1. The molecule has 0 aliphatic carbocycles. The lowest BCUT2D eigenvalue weighted by molar-refractivity contribution is -0.0721. The zero-order valence-electron chi connectivity index (χ0n) is 19.9. The highest BCUT2D eigenvalue weighted by atomic mass is 16.5. The normalized spacial score (nSPS) is 21.2. The van der Waals surface area contributed by atoms with E-state index in [2.05, 4.69) is 43.1 Å². The molecular formula is C25H41N3O3. The van der Waals surface area contributed by atoms with Gasteiger partial charge in [0.2, 0.25) is 0 Å². The topological polar surface area (TPSA) is 55.3 Å². The number of ether oxygens (including phenoxy) is 3. The second-order valence-corrected chi connectivity index (χ2v) is 9.29. The Morgan fingerprint density at radius 2 is 2.03 bits per heavy atom. The molecule has 0 radical (unpaired) electrons. The highest BCUT2D eigenvalue weighted by Crippen LogP contribution is 2.27. The molecule has 0 saturated carbocycles. The molecule has 2 saturated heterocycles. The Morgan fingerprint density at radius 1 is 1.23 bits per heavy atom. The summed E-state index contributed by atoms with van der Waals surface area (Å²) in [5, 5.41) is 3.49. The lowest BCUT2D eigenvalue weighted by Crippen LogP contribution is -2.47. The molecule has 1 atom stereocenters. The number of likely N-dealkylation sites (tertiary alicyclic amines) is 1. The molecule has 0 bridgehead atoms. The summed E-state index contributed by atoms with van der Waals surface area (Å²) in [5.41, 5.74) is 1.17. The Labute approximate surface area is 188 Å². The van der Waals surface area contributed by atoms with E-state index < -0.39 is 0 Å². The second-order valence-electron chi connectivity index (χ2n) is 9.29. The van der Waals surface area contributed by atoms with Crippen molar-refractivity contribution in [2.75, 3.05) is 46.5 Å². The summed E-state index contributed by atoms with van der Waals surface area (Å²) < 4.78 is 17.4. The first-order valence-electron chi connectivity index (χ1n) is 11.9. The average molecular weight is 432 g/mol. The molecule has 2 fully saturated rings. The van der Waals surface area contributed by atoms with E-state index >= 15 is 0 Å². The van der Waals surface area contributed by atoms with Gasteiger partial charge in [0, 0.05) is 31.7 Å². The van der Waals surface area contributed by atoms with Crippen LogP contribution in [0.1, 0.15) is 58.4 Å². The number of rotatable bonds is 8. The standard InChI is InChI=1S/C25H41N3O3/c1-5-26-24(27-19-25(2,3)20-9-8-11-22(17-20)29-4)28-14-12-21(13-15-28)31-18-23-10-6-7-16-30-23/h8-9,11,17,21,23H,5-7,10,12-16,18-19H2,1-4H3,(H,26,27). The third-order valence-electron chi connectivity index (χ3n) is 6.34. The minimum Gasteiger partial charge on any atom is -0.497 e. The quantitative estimate of drug-likeness (QED) is 0.498. The molecule has 1 N–H and O–H groups in total. The number of nitrogens with zero attached hydrogens (tertiary/aromatic N) is 2. The number of piperidine rings is 1. The maximum absolute atomic E-state index is 6.18. The molecule has 1 unspecified atom stereocenters. The van der Waals surface area contributed by atoms with E-state index in [1.807, 2.05) is 12.1 Å². The van der Waals surface area contributed by atoms with E-state index in [4.69, 9.17) is 19.2 Å². The van der Waals surface area contributed by atoms with Crippen molar-refractivity contribution in [3.05, 3.63) is 29.8 Å². The predicted molar refractivity (Wildman–Crippen MR) is 126 cm³/mol. The fraction of sp³-hybridized carbons (Fsp3) is 0.720. The Morgan fingerprint density at radius 3 is 2.71 bits per heavy atom. The van der Waals surface area contributed by atoms with E-state index in [9.17, 15) is 0 Å². The van der Waals surface area contributed by atoms with Gasteiger partial charge in [-0.1, -0.05) is 26.0 Å². The lowest BCUT2D eigenvalue weighted by Gasteiger charge is -2.35. The molecule has 0 spiro atoms. The van der Waals surface area contributed by atoms with Crippen LogP contribution >= 0.6 is 0 Å². The fourth-order valence-electron chi connectivity index (χ4n) is 4.25. The van der Waals surface area contributed by atoms with Crippen molar-refractivity contribution in [3.63, 3.8) is 0 Å². The van der Waals surface area contributed by atoms with Gasteiger partial charge >= 0.3 is 0 Å². The summed E-state index contributed by atoms with van der Waals surface area (Å²) in [5.74, 6) is 1.90. The highest BCUT2D eigenvalue weighted by Gasteiger charge is 2.25. The Hall–Kier alpha value is -1.79. The van der Waals surface area contributed by atoms with Gasteiger partial charge in [0.1, 0.15) is 5.75 Å². The molecule has 2 heterocycles. The van der Waals surface area contributed by atoms with Crippen LogP contribution in [0.15, 0.2) is 29.3 Å². The summed E-state index contributed by atoms with van der Waals surface area (Å²) in [4.78, 5) is 7.39. The van der Waals surface area contributed by atoms with Crippen molar-refractivity contribution in [2.45, 2.75) is 70.5 Å². The lowest BCUT2D eigenvalue weighted by atomic mass is 9.84. The zero-order chi connectivity index (χ0) is 22.1. The van der Waals surface area contributed by atoms with Gasteiger partial charge < -0.3 is 24.4 Å². The summed E-state index contributed by atoms with van der Waals surface area (Å²) >= 11 is 0. The zero-order valence-corrected chi connectivity index (χ0v) is 19.9. The average Bonchev–Trinajstić information content (AvgIpc) is 2.81. The first kappa shape index (κ1) is 23.9. The Kier molecular flexibility index (Phi) is 9.02. The van der Waals surface area contributed by atoms with Crippen LogP contribution in [0, 0.1) is 0 Å². The summed E-state index contributed by atoms with van der Waals surface area (Å²) in [6.07, 6.45) is 6.30. The smallest absolute Gasteiger partial charge is 0.193 e. The number of guanidine groups is 1. The number of hydrogen-bond acceptors (Lipinski definition) is 4. The second kappa shape index (κ2) is 11.7. The molecule has 1 aromatic carbocycles. The molecule has 0 amide bonds. The van der Waals surface area contributed by atoms with E-state index in [-0.39, 0.29) is 5.41 Å². The van der Waals surface area contributed by atoms with Gasteiger partial charge in [-0.05, 0) is 56.7 Å². The van der Waals surface area contributed by atoms with E-state index in [0.717, 1.165) is 70.4 Å². The van der Waals surface area contributed by atoms with Crippen LogP contribution in [-0.2, 0) is 14.9 Å². The molecular weight excluding hydrogens is 390 g/mol. The molecule has 174 valence electrons. The van der Waals surface area contributed by atoms with Crippen molar-refractivity contribution in [2.24, 2.45) is 4.99 Å². The largest absolute Gasteiger partial charge is 0.497 e. The van der Waals surface area contributed by atoms with Gasteiger partial charge in [0.25, 0.3) is 0 Å². The predicted octanol–water partition coefficient (Wildman–Crippen LogP) is 3.99. The third-order valence-corrected chi connectivity index (χ3v) is 6.34. The molecule has 6 heteroatoms. The van der Waals surface area contributed by atoms with Gasteiger partial charge in [0.05, 0.1) is 32.5 Å². The van der Waals surface area contributed by atoms with Gasteiger partial charge in [-0.3, -0.25) is 4.99 Å². The first-order chi connectivity index (χ1) is 15.0. The fourth-order valence-corrected chi connectivity index (χ4v) is 4.25. The first-order valence-corrected chi connectivity index (χ1v) is 11.9. The Bertz CT molecular complexity index is 693. The van der Waals surface area contributed by atoms with Gasteiger partial charge in [0.15, 0.2) is 5.96 Å². The maximum atomic E-state index is 6.18. The Balaban J connectivity index is 1.53. The third kappa shape index (κ3) is 7.11. The van der Waals surface area contributed by atoms with Crippen molar-refractivity contribution >= 4 is 5.96 Å². The van der Waals surface area contributed by atoms with Crippen LogP contribution in [0.2, 0.25) is 0 Å². The van der Waals surface area contributed by atoms with Crippen molar-refractivity contribution in [1.29, 1.82) is 0 Å². The van der Waals surface area contributed by atoms with Crippen LogP contribution < -0.4 is 10.1 Å². The summed E-state index contributed by atoms with van der Waals surface area (Å²) in [6, 6.07) is 8.30. The van der Waals surface area contributed by atoms with E-state index in [0.29, 0.717) is 12.2 Å². The van der Waals surface area contributed by atoms with Crippen LogP contribution in [0.3, 0.4) is 0 Å². The molecule has 2 aliphatic rings. The monoisotopic (exact) mass is 431 g/mol. The number of hydrogen-bond donors (Lipinski definition) is 1. The van der Waals surface area contributed by atoms with E-state index in [1.165, 1.54) is 18.4 Å². The number of methoxy groups -OCH3 is 1. The minimum absolute atomic E-state index is 0.0728. The van der Waals surface area contributed by atoms with Crippen molar-refractivity contribution in [3.8, 4) is 5.75 Å². The minimum atomic E-state index is -0.0728. The summed E-state index contributed by atoms with van der Waals surface area (Å²) in [6.45, 7) is 11.8. The maximum Gasteiger partial charge on any atom is 0.193 e. The van der Waals surface area contributed by atoms with Gasteiger partial charge in [-0.2, -0.15) is 0 Å². The van der Waals surface area contributed by atoms with Gasteiger partial charge in [-0.25, -0.2) is 0 Å². The molecule has 6 nitrogen and oxygen atoms in total.